The summed E-state index contributed by atoms with van der Waals surface area (Å²) in [5, 5.41) is 2.44. The predicted octanol–water partition coefficient (Wildman–Crippen LogP) is -0.454. The second-order valence-corrected chi connectivity index (χ2v) is 4.72. The number of aromatic nitrogens is 3. The van der Waals surface area contributed by atoms with Crippen LogP contribution < -0.4 is 16.1 Å². The molecule has 0 radical (unpaired) electrons. The zero-order valence-electron chi connectivity index (χ0n) is 12.3. The summed E-state index contributed by atoms with van der Waals surface area (Å²) in [6, 6.07) is 6.97. The van der Waals surface area contributed by atoms with E-state index in [0.29, 0.717) is 10.4 Å². The van der Waals surface area contributed by atoms with Gasteiger partial charge in [-0.05, 0) is 18.6 Å². The number of nitrogen functional groups attached to an aromatic ring is 1. The van der Waals surface area contributed by atoms with Crippen molar-refractivity contribution < 1.29 is 19.0 Å². The van der Waals surface area contributed by atoms with Crippen molar-refractivity contribution in [3.8, 4) is 0 Å². The van der Waals surface area contributed by atoms with Gasteiger partial charge in [-0.15, -0.1) is 4.68 Å². The molecule has 0 amide bonds. The Morgan fingerprint density at radius 2 is 1.95 bits per heavy atom. The number of carbonyl (C=O) groups excluding carboxylic acids is 2. The fourth-order valence-corrected chi connectivity index (χ4v) is 1.94. The number of ether oxygens (including phenoxy) is 1. The van der Waals surface area contributed by atoms with E-state index in [-0.39, 0.29) is 24.6 Å². The van der Waals surface area contributed by atoms with Crippen LogP contribution in [-0.4, -0.2) is 28.4 Å². The zero-order chi connectivity index (χ0) is 16.3. The van der Waals surface area contributed by atoms with Gasteiger partial charge in [-0.25, -0.2) is 15.4 Å². The molecule has 0 fully saturated rings. The first-order valence-electron chi connectivity index (χ1n) is 6.71. The molecular formula is C14H17N4O4+. The minimum absolute atomic E-state index is 0.111. The first kappa shape index (κ1) is 15.5. The van der Waals surface area contributed by atoms with Crippen molar-refractivity contribution >= 4 is 11.8 Å². The van der Waals surface area contributed by atoms with Crippen LogP contribution in [0.2, 0.25) is 0 Å². The number of Topliss-reactive ketones (excluding diaryl/α,β-unsaturated/α-hetero) is 1. The number of nitrogens with one attached hydrogen (secondary N) is 1. The van der Waals surface area contributed by atoms with E-state index in [1.807, 2.05) is 6.92 Å². The summed E-state index contributed by atoms with van der Waals surface area (Å²) in [6.07, 6.45) is 0. The first-order valence-corrected chi connectivity index (χ1v) is 6.71. The molecule has 0 spiro atoms. The summed E-state index contributed by atoms with van der Waals surface area (Å²) in [7, 11) is 0. The van der Waals surface area contributed by atoms with Crippen LogP contribution >= 0.6 is 0 Å². The van der Waals surface area contributed by atoms with E-state index in [9.17, 15) is 14.4 Å². The summed E-state index contributed by atoms with van der Waals surface area (Å²) in [5.41, 5.74) is 0.427. The highest BCUT2D eigenvalue weighted by molar-refractivity contribution is 5.95. The van der Waals surface area contributed by atoms with Crippen molar-refractivity contribution in [2.24, 2.45) is 0 Å². The molecule has 0 unspecified atom stereocenters. The number of hydrogen-bond acceptors (Lipinski definition) is 5. The molecule has 1 aromatic heterocycles. The van der Waals surface area contributed by atoms with Gasteiger partial charge >= 0.3 is 17.2 Å². The fraction of sp³-hybridized carbons (Fsp3) is 0.286. The number of nitrogens with zero attached hydrogens (tertiary/aromatic N) is 2. The molecule has 0 aliphatic carbocycles. The normalized spacial score (nSPS) is 10.5. The van der Waals surface area contributed by atoms with Crippen molar-refractivity contribution in [3.63, 3.8) is 0 Å². The van der Waals surface area contributed by atoms with Gasteiger partial charge in [0.25, 0.3) is 0 Å². The second kappa shape index (κ2) is 6.25. The summed E-state index contributed by atoms with van der Waals surface area (Å²) in [5.74, 6) is 4.32. The Morgan fingerprint density at radius 3 is 2.55 bits per heavy atom. The standard InChI is InChI=1S/C14H16N4O4/c1-3-22-14(21)12-13(20)18(15)16-17(12)8-11(19)10-6-4-9(2)5-7-10/h4-7H,3,8H2,1-2H3,(H2-,15,16,20,21)/p+1. The van der Waals surface area contributed by atoms with Gasteiger partial charge in [0.05, 0.1) is 6.61 Å². The number of aryl methyl sites for hydroxylation is 1. The molecule has 1 aromatic carbocycles. The van der Waals surface area contributed by atoms with Crippen molar-refractivity contribution in [2.45, 2.75) is 20.4 Å². The van der Waals surface area contributed by atoms with Crippen molar-refractivity contribution in [3.05, 3.63) is 51.4 Å². The van der Waals surface area contributed by atoms with Crippen LogP contribution in [0.3, 0.4) is 0 Å². The van der Waals surface area contributed by atoms with Gasteiger partial charge in [0, 0.05) is 5.56 Å². The largest absolute Gasteiger partial charge is 0.459 e. The fourth-order valence-electron chi connectivity index (χ4n) is 1.94. The van der Waals surface area contributed by atoms with Crippen LogP contribution in [0.1, 0.15) is 33.3 Å². The molecule has 0 saturated carbocycles. The topological polar surface area (TPSA) is 111 Å². The van der Waals surface area contributed by atoms with Crippen LogP contribution in [0, 0.1) is 6.92 Å². The summed E-state index contributed by atoms with van der Waals surface area (Å²) in [4.78, 5) is 36.5. The van der Waals surface area contributed by atoms with Gasteiger partial charge < -0.3 is 4.74 Å². The maximum absolute atomic E-state index is 12.2. The monoisotopic (exact) mass is 305 g/mol. The molecule has 116 valence electrons. The van der Waals surface area contributed by atoms with Gasteiger partial charge in [-0.2, -0.15) is 0 Å². The minimum Gasteiger partial charge on any atom is -0.459 e. The molecule has 0 aliphatic heterocycles. The van der Waals surface area contributed by atoms with Crippen molar-refractivity contribution in [1.29, 1.82) is 0 Å². The summed E-state index contributed by atoms with van der Waals surface area (Å²) >= 11 is 0. The predicted molar refractivity (Wildman–Crippen MR) is 76.9 cm³/mol. The second-order valence-electron chi connectivity index (χ2n) is 4.72. The number of aromatic amines is 1. The molecule has 8 heteroatoms. The highest BCUT2D eigenvalue weighted by atomic mass is 16.5. The van der Waals surface area contributed by atoms with Crippen LogP contribution in [0.25, 0.3) is 0 Å². The smallest absolute Gasteiger partial charge is 0.431 e. The molecule has 1 heterocycles. The highest BCUT2D eigenvalue weighted by Gasteiger charge is 2.30. The summed E-state index contributed by atoms with van der Waals surface area (Å²) < 4.78 is 5.89. The molecule has 2 aromatic rings. The average molecular weight is 305 g/mol. The minimum atomic E-state index is -0.829. The lowest BCUT2D eigenvalue weighted by Gasteiger charge is -2.01. The van der Waals surface area contributed by atoms with E-state index < -0.39 is 11.5 Å². The molecule has 0 bridgehead atoms. The van der Waals surface area contributed by atoms with E-state index in [2.05, 4.69) is 5.21 Å². The van der Waals surface area contributed by atoms with Crippen LogP contribution in [-0.2, 0) is 11.3 Å². The Labute approximate surface area is 126 Å². The van der Waals surface area contributed by atoms with E-state index in [0.717, 1.165) is 10.2 Å². The van der Waals surface area contributed by atoms with Crippen molar-refractivity contribution in [1.82, 2.24) is 10.0 Å². The third-order valence-corrected chi connectivity index (χ3v) is 3.06. The maximum atomic E-state index is 12.2. The maximum Gasteiger partial charge on any atom is 0.431 e. The van der Waals surface area contributed by atoms with Crippen LogP contribution in [0.5, 0.6) is 0 Å². The Hall–Kier alpha value is -2.90. The Balaban J connectivity index is 2.31. The molecule has 8 nitrogen and oxygen atoms in total. The number of carbonyl (C=O) groups is 2. The SMILES string of the molecule is CCOC(=O)c1c(=O)n(N)[nH][n+]1CC(=O)c1ccc(C)cc1. The van der Waals surface area contributed by atoms with E-state index in [1.54, 1.807) is 31.2 Å². The first-order chi connectivity index (χ1) is 10.4. The Morgan fingerprint density at radius 1 is 1.32 bits per heavy atom. The molecule has 3 N–H and O–H groups in total. The van der Waals surface area contributed by atoms with Gasteiger partial charge in [-0.1, -0.05) is 35.0 Å². The number of rotatable bonds is 5. The molecule has 0 aliphatic rings. The van der Waals surface area contributed by atoms with E-state index >= 15 is 0 Å². The number of esters is 1. The number of H-pyrrole nitrogens is 1. The van der Waals surface area contributed by atoms with Crippen molar-refractivity contribution in [2.75, 3.05) is 12.4 Å². The average Bonchev–Trinajstić information content (AvgIpc) is 2.74. The lowest BCUT2D eigenvalue weighted by Crippen LogP contribution is -2.46. The van der Waals surface area contributed by atoms with E-state index in [1.165, 1.54) is 0 Å². The molecule has 2 rings (SSSR count). The van der Waals surface area contributed by atoms with Gasteiger partial charge in [0.1, 0.15) is 0 Å². The lowest BCUT2D eigenvalue weighted by atomic mass is 10.1. The number of hydrogen-bond donors (Lipinski definition) is 2. The van der Waals surface area contributed by atoms with Crippen LogP contribution in [0.4, 0.5) is 0 Å². The number of benzene rings is 1. The third kappa shape index (κ3) is 3.05. The Kier molecular flexibility index (Phi) is 4.40. The van der Waals surface area contributed by atoms with Gasteiger partial charge in [0.2, 0.25) is 5.78 Å². The van der Waals surface area contributed by atoms with Gasteiger partial charge in [0.15, 0.2) is 6.54 Å². The molecule has 0 atom stereocenters. The molecular weight excluding hydrogens is 288 g/mol. The van der Waals surface area contributed by atoms with E-state index in [4.69, 9.17) is 10.6 Å². The number of nitrogens with two attached hydrogens (primary N) is 1. The molecule has 0 saturated heterocycles. The highest BCUT2D eigenvalue weighted by Crippen LogP contribution is 2.04. The summed E-state index contributed by atoms with van der Waals surface area (Å²) in [6.45, 7) is 3.41. The molecule has 22 heavy (non-hydrogen) atoms. The lowest BCUT2D eigenvalue weighted by molar-refractivity contribution is -0.744. The number of ketones is 1. The van der Waals surface area contributed by atoms with Crippen LogP contribution in [0.15, 0.2) is 29.1 Å². The van der Waals surface area contributed by atoms with Gasteiger partial charge in [-0.3, -0.25) is 4.79 Å². The quantitative estimate of drug-likeness (QED) is 0.336. The third-order valence-electron chi connectivity index (χ3n) is 3.06. The zero-order valence-corrected chi connectivity index (χ0v) is 12.3. The Bertz CT molecular complexity index is 758.